The summed E-state index contributed by atoms with van der Waals surface area (Å²) in [6.07, 6.45) is 1.94. The van der Waals surface area contributed by atoms with E-state index in [1.807, 2.05) is 12.3 Å². The third-order valence-corrected chi connectivity index (χ3v) is 11.3. The first-order valence-corrected chi connectivity index (χ1v) is 19.8. The van der Waals surface area contributed by atoms with Crippen LogP contribution in [0.3, 0.4) is 0 Å². The Labute approximate surface area is 215 Å². The first kappa shape index (κ1) is 22.8. The van der Waals surface area contributed by atoms with Crippen LogP contribution in [-0.4, -0.2) is 18.3 Å². The van der Waals surface area contributed by atoms with E-state index in [4.69, 9.17) is 9.40 Å². The number of furan rings is 1. The Kier molecular flexibility index (Phi) is 5.57. The van der Waals surface area contributed by atoms with E-state index >= 15 is 0 Å². The van der Waals surface area contributed by atoms with Crippen molar-refractivity contribution in [1.82, 2.24) is 4.98 Å². The molecule has 0 aliphatic carbocycles. The fraction of sp³-hybridized carbons (Fsp3) is 0.121. The molecular weight excluding hydrogens is 499 g/mol. The van der Waals surface area contributed by atoms with E-state index in [1.54, 1.807) is 0 Å². The average Bonchev–Trinajstić information content (AvgIpc) is 3.24. The molecule has 0 N–H and O–H groups in total. The van der Waals surface area contributed by atoms with Crippen molar-refractivity contribution in [3.63, 3.8) is 0 Å². The van der Waals surface area contributed by atoms with E-state index in [1.165, 1.54) is 26.3 Å². The summed E-state index contributed by atoms with van der Waals surface area (Å²) in [7, 11) is 0. The molecule has 2 nitrogen and oxygen atoms in total. The number of nitrogens with zero attached hydrogens (tertiary/aromatic N) is 1. The summed E-state index contributed by atoms with van der Waals surface area (Å²) in [5.74, 6) is 8.24. The number of hydrogen-bond donors (Lipinski definition) is 0. The van der Waals surface area contributed by atoms with Crippen LogP contribution >= 0.6 is 0 Å². The molecule has 0 amide bonds. The van der Waals surface area contributed by atoms with Crippen LogP contribution in [0.15, 0.2) is 108 Å². The second-order valence-electron chi connectivity index (χ2n) is 10.5. The zero-order valence-electron chi connectivity index (χ0n) is 21.2. The van der Waals surface area contributed by atoms with Crippen LogP contribution in [0.1, 0.15) is 5.56 Å². The van der Waals surface area contributed by atoms with E-state index in [2.05, 4.69) is 115 Å². The second-order valence-corrected chi connectivity index (χ2v) is 21.2. The third kappa shape index (κ3) is 3.96. The van der Waals surface area contributed by atoms with Crippen LogP contribution in [0.5, 0.6) is 0 Å². The minimum atomic E-state index is -1.93. The number of hydrogen-bond acceptors (Lipinski definition) is 2. The Hall–Kier alpha value is -3.63. The summed E-state index contributed by atoms with van der Waals surface area (Å²) < 4.78 is 8.07. The molecule has 0 saturated carbocycles. The molecule has 6 rings (SSSR count). The van der Waals surface area contributed by atoms with Gasteiger partial charge in [0.1, 0.15) is 0 Å². The van der Waals surface area contributed by atoms with Crippen LogP contribution in [0.25, 0.3) is 55.4 Å². The van der Waals surface area contributed by atoms with Crippen LogP contribution in [-0.2, 0) is 0 Å². The van der Waals surface area contributed by atoms with Crippen LogP contribution in [0.4, 0.5) is 0 Å². The predicted molar refractivity (Wildman–Crippen MR) is 156 cm³/mol. The van der Waals surface area contributed by atoms with Crippen LogP contribution in [0, 0.1) is 6.92 Å². The van der Waals surface area contributed by atoms with Crippen molar-refractivity contribution < 1.29 is 4.42 Å². The summed E-state index contributed by atoms with van der Waals surface area (Å²) in [4.78, 5) is 4.87. The summed E-state index contributed by atoms with van der Waals surface area (Å²) in [6, 6.07) is 34.5. The molecule has 0 saturated heterocycles. The van der Waals surface area contributed by atoms with Gasteiger partial charge in [-0.05, 0) is 0 Å². The molecule has 6 aromatic rings. The van der Waals surface area contributed by atoms with Crippen molar-refractivity contribution in [3.8, 4) is 33.7 Å². The Morgan fingerprint density at radius 2 is 1.39 bits per heavy atom. The maximum atomic E-state index is 6.56. The Morgan fingerprint density at radius 1 is 0.694 bits per heavy atom. The third-order valence-electron chi connectivity index (χ3n) is 7.05. The van der Waals surface area contributed by atoms with Gasteiger partial charge in [-0.15, -0.1) is 0 Å². The molecule has 0 radical (unpaired) electrons. The second kappa shape index (κ2) is 8.79. The molecule has 0 atom stereocenters. The minimum absolute atomic E-state index is 0.892. The van der Waals surface area contributed by atoms with E-state index in [9.17, 15) is 0 Å². The molecule has 2 heterocycles. The Balaban J connectivity index is 1.63. The number of pyridine rings is 1. The molecule has 0 aliphatic rings. The zero-order chi connectivity index (χ0) is 24.9. The van der Waals surface area contributed by atoms with Gasteiger partial charge in [0.25, 0.3) is 0 Å². The molecular formula is C33H29GeNO. The van der Waals surface area contributed by atoms with Gasteiger partial charge in [0.2, 0.25) is 0 Å². The molecule has 3 heteroatoms. The fourth-order valence-electron chi connectivity index (χ4n) is 5.10. The first-order valence-electron chi connectivity index (χ1n) is 12.5. The zero-order valence-corrected chi connectivity index (χ0v) is 23.3. The van der Waals surface area contributed by atoms with Crippen molar-refractivity contribution >= 4 is 39.4 Å². The van der Waals surface area contributed by atoms with Crippen molar-refractivity contribution in [3.05, 3.63) is 109 Å². The molecule has 0 spiro atoms. The molecule has 2 aromatic heterocycles. The monoisotopic (exact) mass is 529 g/mol. The van der Waals surface area contributed by atoms with Gasteiger partial charge in [-0.1, -0.05) is 18.2 Å². The van der Waals surface area contributed by atoms with Crippen LogP contribution < -0.4 is 4.40 Å². The van der Waals surface area contributed by atoms with Gasteiger partial charge in [-0.3, -0.25) is 0 Å². The molecule has 0 aliphatic heterocycles. The number of fused-ring (bicyclic) bond motifs is 2. The van der Waals surface area contributed by atoms with E-state index in [-0.39, 0.29) is 0 Å². The molecule has 0 fully saturated rings. The van der Waals surface area contributed by atoms with Crippen molar-refractivity contribution in [2.75, 3.05) is 0 Å². The van der Waals surface area contributed by atoms with Gasteiger partial charge in [0, 0.05) is 0 Å². The molecule has 176 valence electrons. The number of rotatable bonds is 4. The van der Waals surface area contributed by atoms with E-state index in [0.717, 1.165) is 39.1 Å². The van der Waals surface area contributed by atoms with Gasteiger partial charge < -0.3 is 0 Å². The van der Waals surface area contributed by atoms with Crippen molar-refractivity contribution in [2.24, 2.45) is 0 Å². The molecule has 36 heavy (non-hydrogen) atoms. The van der Waals surface area contributed by atoms with Gasteiger partial charge >= 0.3 is 197 Å². The Morgan fingerprint density at radius 3 is 2.08 bits per heavy atom. The molecule has 0 unspecified atom stereocenters. The predicted octanol–water partition coefficient (Wildman–Crippen LogP) is 8.84. The summed E-state index contributed by atoms with van der Waals surface area (Å²) >= 11 is -1.93. The fourth-order valence-corrected chi connectivity index (χ4v) is 7.56. The Bertz CT molecular complexity index is 1710. The van der Waals surface area contributed by atoms with Gasteiger partial charge in [-0.25, -0.2) is 0 Å². The summed E-state index contributed by atoms with van der Waals surface area (Å²) in [5, 5.41) is 3.59. The molecule has 4 aromatic carbocycles. The quantitative estimate of drug-likeness (QED) is 0.214. The van der Waals surface area contributed by atoms with E-state index in [0.29, 0.717) is 0 Å². The number of aromatic nitrogens is 1. The number of benzene rings is 4. The standard InChI is InChI=1S/C33H29GeNO/c1-22-31-29(23-11-7-5-8-12-23)20-26(21-30(31)36-33(22)24-13-9-6-10-14-24)32-28-16-15-27(34(2,3)4)19-25(28)17-18-35-32/h5-21H,1-4H3. The maximum absolute atomic E-state index is 6.56. The van der Waals surface area contributed by atoms with Crippen molar-refractivity contribution in [2.45, 2.75) is 24.2 Å². The van der Waals surface area contributed by atoms with Gasteiger partial charge in [0.05, 0.1) is 0 Å². The first-order chi connectivity index (χ1) is 17.4. The van der Waals surface area contributed by atoms with E-state index < -0.39 is 13.3 Å². The number of aryl methyl sites for hydroxylation is 1. The molecule has 0 bridgehead atoms. The summed E-state index contributed by atoms with van der Waals surface area (Å²) in [6.45, 7) is 2.16. The normalized spacial score (nSPS) is 11.9. The average molecular weight is 528 g/mol. The van der Waals surface area contributed by atoms with Crippen LogP contribution in [0.2, 0.25) is 17.3 Å². The summed E-state index contributed by atoms with van der Waals surface area (Å²) in [5.41, 5.74) is 7.57. The van der Waals surface area contributed by atoms with Gasteiger partial charge in [-0.2, -0.15) is 0 Å². The van der Waals surface area contributed by atoms with Crippen molar-refractivity contribution in [1.29, 1.82) is 0 Å². The topological polar surface area (TPSA) is 26.0 Å². The van der Waals surface area contributed by atoms with Gasteiger partial charge in [0.15, 0.2) is 0 Å². The SMILES string of the molecule is Cc1c(-c2ccccc2)oc2cc(-c3nccc4c[c]([Ge]([CH3])([CH3])[CH3])ccc34)cc(-c3ccccc3)c12.